The third-order valence-electron chi connectivity index (χ3n) is 31.8. The summed E-state index contributed by atoms with van der Waals surface area (Å²) in [6, 6.07) is 0. The van der Waals surface area contributed by atoms with Gasteiger partial charge in [0.15, 0.2) is 0 Å². The Bertz CT molecular complexity index is 2190. The van der Waals surface area contributed by atoms with Crippen molar-refractivity contribution in [3.8, 4) is 0 Å². The molecule has 0 aliphatic heterocycles. The maximum absolute atomic E-state index is 2.44. The number of hydrogen-bond donors (Lipinski definition) is 0. The molecular formula is C102H198. The molecule has 12 atom stereocenters. The third kappa shape index (κ3) is 30.6. The first-order valence-electron chi connectivity index (χ1n) is 45.4. The van der Waals surface area contributed by atoms with E-state index < -0.39 is 0 Å². The van der Waals surface area contributed by atoms with Crippen molar-refractivity contribution in [2.75, 3.05) is 0 Å². The van der Waals surface area contributed by atoms with Gasteiger partial charge in [0, 0.05) is 0 Å². The second kappa shape index (κ2) is 34.9. The van der Waals surface area contributed by atoms with Crippen LogP contribution in [0.1, 0.15) is 458 Å². The first-order chi connectivity index (χ1) is 45.4. The van der Waals surface area contributed by atoms with E-state index in [9.17, 15) is 0 Å². The Kier molecular flexibility index (Phi) is 32.3. The van der Waals surface area contributed by atoms with Crippen molar-refractivity contribution in [1.29, 1.82) is 0 Å². The second-order valence-electron chi connectivity index (χ2n) is 54.0. The van der Waals surface area contributed by atoms with Crippen molar-refractivity contribution < 1.29 is 0 Å². The third-order valence-corrected chi connectivity index (χ3v) is 31.8. The smallest absolute Gasteiger partial charge is 0.0329 e. The van der Waals surface area contributed by atoms with E-state index in [1.807, 2.05) is 0 Å². The summed E-state index contributed by atoms with van der Waals surface area (Å²) in [6.07, 6.45) is 38.6. The van der Waals surface area contributed by atoms with Gasteiger partial charge in [0.25, 0.3) is 0 Å². The maximum Gasteiger partial charge on any atom is -0.0329 e. The van der Waals surface area contributed by atoms with Crippen molar-refractivity contribution in [3.63, 3.8) is 0 Å². The van der Waals surface area contributed by atoms with Crippen molar-refractivity contribution in [1.82, 2.24) is 0 Å². The molecule has 10 aliphatic carbocycles. The van der Waals surface area contributed by atoms with E-state index in [4.69, 9.17) is 0 Å². The van der Waals surface area contributed by atoms with Crippen LogP contribution >= 0.6 is 0 Å². The van der Waals surface area contributed by atoms with E-state index in [2.05, 4.69) is 291 Å². The molecular weight excluding hydrogens is 1230 g/mol. The Labute approximate surface area is 648 Å². The van der Waals surface area contributed by atoms with Crippen molar-refractivity contribution in [3.05, 3.63) is 0 Å². The highest BCUT2D eigenvalue weighted by Gasteiger charge is 2.59. The Hall–Kier alpha value is 0. The molecule has 606 valence electrons. The lowest BCUT2D eigenvalue weighted by atomic mass is 9.56. The molecule has 0 aromatic heterocycles. The lowest BCUT2D eigenvalue weighted by molar-refractivity contribution is 0.0110. The normalized spacial score (nSPS) is 35.1. The van der Waals surface area contributed by atoms with Crippen LogP contribution in [-0.2, 0) is 0 Å². The van der Waals surface area contributed by atoms with Gasteiger partial charge in [-0.3, -0.25) is 0 Å². The fourth-order valence-electron chi connectivity index (χ4n) is 22.3. The zero-order valence-electron chi connectivity index (χ0n) is 78.9. The molecule has 0 heterocycles. The highest BCUT2D eigenvalue weighted by atomic mass is 14.6. The molecule has 102 heavy (non-hydrogen) atoms. The van der Waals surface area contributed by atoms with E-state index in [0.717, 1.165) is 118 Å². The molecule has 0 heteroatoms. The van der Waals surface area contributed by atoms with Crippen LogP contribution in [0.4, 0.5) is 0 Å². The van der Waals surface area contributed by atoms with Gasteiger partial charge in [-0.15, -0.1) is 0 Å². The molecule has 0 nitrogen and oxygen atoms in total. The Morgan fingerprint density at radius 3 is 0.431 bits per heavy atom. The van der Waals surface area contributed by atoms with E-state index in [1.54, 1.807) is 0 Å². The average Bonchev–Trinajstić information content (AvgIpc) is 1.57. The van der Waals surface area contributed by atoms with Crippen LogP contribution in [-0.4, -0.2) is 0 Å². The second-order valence-corrected chi connectivity index (χ2v) is 54.0. The van der Waals surface area contributed by atoms with E-state index in [1.165, 1.54) is 167 Å². The molecule has 12 unspecified atom stereocenters. The van der Waals surface area contributed by atoms with Gasteiger partial charge in [-0.1, -0.05) is 291 Å². The summed E-state index contributed by atoms with van der Waals surface area (Å²) in [5, 5.41) is 0. The van der Waals surface area contributed by atoms with Gasteiger partial charge < -0.3 is 0 Å². The highest BCUT2D eigenvalue weighted by molar-refractivity contribution is 5.08. The standard InChI is InChI=1S/C20H38.C18H34.C14H26.C14H28.C13H26.C12H24.C11H22/c1-19(2,3)17-11-7-15(8-12-17)16-9-13-18(14-10-16)20(4,5)6;1-17(2,3)15-9-7-13(11-15)14-8-10-16(12-14)18(4,5)6;1-13(2,3)11-7-9(11)10-8-12(10)14(4,5)6;1-13(2,3)11-7-9-12(10-8-11)14(4,5)6;1-12(2,3)10-7-8-11(9-10)13(4,5)6;1-11(2,3)9-7-10(8-9)12(4,5)6;1-10(2,3)8-7-9(8)11(4,5)6/h15-18H,7-14H2,1-6H3;13-16H,7-12H2,1-6H3;9-12H,7-8H2,1-6H3;11-12H,7-10H2,1-6H3;10-11H,7-9H2,1-6H3;9-10H,7-8H2,1-6H3;8-9H,7H2,1-6H3. The molecule has 0 amide bonds. The predicted octanol–water partition coefficient (Wildman–Crippen LogP) is 34.2. The van der Waals surface area contributed by atoms with Gasteiger partial charge in [0.05, 0.1) is 0 Å². The van der Waals surface area contributed by atoms with Gasteiger partial charge in [-0.25, -0.2) is 0 Å². The van der Waals surface area contributed by atoms with Crippen LogP contribution in [0.2, 0.25) is 0 Å². The van der Waals surface area contributed by atoms with Gasteiger partial charge in [-0.2, -0.15) is 0 Å². The van der Waals surface area contributed by atoms with Crippen LogP contribution in [0.25, 0.3) is 0 Å². The minimum absolute atomic E-state index is 0.528. The zero-order valence-corrected chi connectivity index (χ0v) is 78.9. The topological polar surface area (TPSA) is 0 Å². The largest absolute Gasteiger partial charge is 0.0599 e. The lowest BCUT2D eigenvalue weighted by Crippen LogP contribution is -2.40. The Morgan fingerprint density at radius 1 is 0.118 bits per heavy atom. The van der Waals surface area contributed by atoms with Gasteiger partial charge >= 0.3 is 0 Å². The molecule has 0 N–H and O–H groups in total. The van der Waals surface area contributed by atoms with Crippen LogP contribution in [0.5, 0.6) is 0 Å². The van der Waals surface area contributed by atoms with Gasteiger partial charge in [-0.05, 0) is 361 Å². The van der Waals surface area contributed by atoms with E-state index in [-0.39, 0.29) is 0 Å². The summed E-state index contributed by atoms with van der Waals surface area (Å²) in [6.45, 7) is 101. The molecule has 0 spiro atoms. The van der Waals surface area contributed by atoms with E-state index >= 15 is 0 Å². The summed E-state index contributed by atoms with van der Waals surface area (Å²) in [5.74, 6) is 20.1. The van der Waals surface area contributed by atoms with Crippen molar-refractivity contribution in [2.45, 2.75) is 458 Å². The molecule has 0 bridgehead atoms. The monoisotopic (exact) mass is 1420 g/mol. The van der Waals surface area contributed by atoms with Gasteiger partial charge in [0.1, 0.15) is 0 Å². The van der Waals surface area contributed by atoms with E-state index in [0.29, 0.717) is 75.8 Å². The SMILES string of the molecule is CC(C)(C)C1CC(C(C)(C)C)C1.CC(C)(C)C1CC1C(C)(C)C.CC(C)(C)C1CC1C1CC1C(C)(C)C.CC(C)(C)C1CCC(C(C)(C)C)C1.CC(C)(C)C1CCC(C(C)(C)C)CC1.CC(C)(C)C1CCC(C2CCC(C(C)(C)C)C2)C1.CC(C)(C)C1CCC(C2CCC(C(C)(C)C)CC2)CC1. The molecule has 10 aliphatic rings. The molecule has 10 fully saturated rings. The van der Waals surface area contributed by atoms with Crippen LogP contribution in [0.3, 0.4) is 0 Å². The average molecular weight is 1420 g/mol. The van der Waals surface area contributed by atoms with Crippen LogP contribution in [0.15, 0.2) is 0 Å². The summed E-state index contributed by atoms with van der Waals surface area (Å²) >= 11 is 0. The van der Waals surface area contributed by atoms with Crippen LogP contribution < -0.4 is 0 Å². The Balaban J connectivity index is 0.000000255. The first kappa shape index (κ1) is 94.4. The van der Waals surface area contributed by atoms with Gasteiger partial charge in [0.2, 0.25) is 0 Å². The molecule has 10 rings (SSSR count). The predicted molar refractivity (Wildman–Crippen MR) is 462 cm³/mol. The summed E-state index contributed by atoms with van der Waals surface area (Å²) in [5.41, 5.74) is 7.56. The molecule has 0 radical (unpaired) electrons. The quantitative estimate of drug-likeness (QED) is 0.264. The minimum atomic E-state index is 0.528. The first-order valence-corrected chi connectivity index (χ1v) is 45.4. The Morgan fingerprint density at radius 2 is 0.275 bits per heavy atom. The summed E-state index contributed by atoms with van der Waals surface area (Å²) < 4.78 is 0. The van der Waals surface area contributed by atoms with Crippen molar-refractivity contribution >= 4 is 0 Å². The maximum atomic E-state index is 2.44. The molecule has 0 saturated heterocycles. The summed E-state index contributed by atoms with van der Waals surface area (Å²) in [7, 11) is 0. The molecule has 10 saturated carbocycles. The summed E-state index contributed by atoms with van der Waals surface area (Å²) in [4.78, 5) is 0. The minimum Gasteiger partial charge on any atom is -0.0599 e. The van der Waals surface area contributed by atoms with Crippen LogP contribution in [0, 0.1) is 194 Å². The number of rotatable bonds is 3. The fourth-order valence-corrected chi connectivity index (χ4v) is 22.3. The lowest BCUT2D eigenvalue weighted by Gasteiger charge is -2.49. The zero-order chi connectivity index (χ0) is 78.9. The fraction of sp³-hybridized carbons (Fsp3) is 1.00. The highest BCUT2D eigenvalue weighted by Crippen LogP contribution is 2.67. The number of hydrogen-bond acceptors (Lipinski definition) is 0. The molecule has 0 aromatic carbocycles. The molecule has 0 aromatic rings. The van der Waals surface area contributed by atoms with Crippen molar-refractivity contribution in [2.24, 2.45) is 194 Å².